The second-order valence-electron chi connectivity index (χ2n) is 7.87. The molecule has 0 radical (unpaired) electrons. The van der Waals surface area contributed by atoms with E-state index in [0.717, 1.165) is 23.4 Å². The molecule has 0 unspecified atom stereocenters. The second-order valence-corrected chi connectivity index (χ2v) is 7.87. The lowest BCUT2D eigenvalue weighted by molar-refractivity contribution is 0.00580. The Morgan fingerprint density at radius 3 is 2.67 bits per heavy atom. The van der Waals surface area contributed by atoms with Gasteiger partial charge >= 0.3 is 0 Å². The topological polar surface area (TPSA) is 99.1 Å². The molecule has 1 aromatic carbocycles. The van der Waals surface area contributed by atoms with E-state index in [9.17, 15) is 13.9 Å². The normalized spacial score (nSPS) is 12.8. The van der Waals surface area contributed by atoms with Crippen LogP contribution in [0.15, 0.2) is 54.7 Å². The van der Waals surface area contributed by atoms with Gasteiger partial charge in [-0.1, -0.05) is 12.1 Å². The number of aromatic nitrogens is 4. The van der Waals surface area contributed by atoms with E-state index < -0.39 is 18.4 Å². The number of hydrogen-bond donors (Lipinski definition) is 2. The molecular formula is C24H25F2N5O2. The molecule has 1 atom stereocenters. The van der Waals surface area contributed by atoms with Crippen molar-refractivity contribution in [1.82, 2.24) is 19.7 Å². The molecule has 0 spiro atoms. The van der Waals surface area contributed by atoms with E-state index >= 15 is 0 Å². The van der Waals surface area contributed by atoms with Crippen molar-refractivity contribution in [1.29, 1.82) is 0 Å². The molecule has 0 aliphatic carbocycles. The van der Waals surface area contributed by atoms with Crippen molar-refractivity contribution in [2.75, 3.05) is 6.61 Å². The number of aliphatic hydroxyl groups is 1. The largest absolute Gasteiger partial charge is 0.493 e. The number of ether oxygens (including phenoxy) is 1. The number of pyridine rings is 2. The van der Waals surface area contributed by atoms with Crippen LogP contribution in [-0.4, -0.2) is 37.4 Å². The first-order valence-electron chi connectivity index (χ1n) is 10.6. The van der Waals surface area contributed by atoms with E-state index in [1.165, 1.54) is 0 Å². The number of fused-ring (bicyclic) bond motifs is 1. The van der Waals surface area contributed by atoms with E-state index in [2.05, 4.69) is 15.1 Å². The summed E-state index contributed by atoms with van der Waals surface area (Å²) in [5, 5.41) is 14.7. The van der Waals surface area contributed by atoms with Crippen LogP contribution in [0, 0.1) is 0 Å². The van der Waals surface area contributed by atoms with Gasteiger partial charge < -0.3 is 15.6 Å². The zero-order chi connectivity index (χ0) is 23.6. The highest BCUT2D eigenvalue weighted by atomic mass is 19.3. The van der Waals surface area contributed by atoms with Crippen molar-refractivity contribution in [2.24, 2.45) is 5.73 Å². The van der Waals surface area contributed by atoms with Crippen LogP contribution < -0.4 is 10.5 Å². The third-order valence-corrected chi connectivity index (χ3v) is 5.15. The van der Waals surface area contributed by atoms with Crippen molar-refractivity contribution in [3.8, 4) is 22.8 Å². The number of nitrogens with two attached hydrogens (primary N) is 1. The average molecular weight is 453 g/mol. The summed E-state index contributed by atoms with van der Waals surface area (Å²) in [6, 6.07) is 13.4. The lowest BCUT2D eigenvalue weighted by Gasteiger charge is -2.17. The van der Waals surface area contributed by atoms with Gasteiger partial charge in [-0.3, -0.25) is 4.98 Å². The molecule has 3 heterocycles. The van der Waals surface area contributed by atoms with E-state index in [1.807, 2.05) is 19.1 Å². The fraction of sp³-hybridized carbons (Fsp3) is 0.292. The molecule has 0 aliphatic heterocycles. The van der Waals surface area contributed by atoms with Crippen molar-refractivity contribution < 1.29 is 18.6 Å². The molecular weight excluding hydrogens is 428 g/mol. The fourth-order valence-corrected chi connectivity index (χ4v) is 3.68. The number of hydrogen-bond acceptors (Lipinski definition) is 6. The van der Waals surface area contributed by atoms with E-state index in [-0.39, 0.29) is 6.61 Å². The van der Waals surface area contributed by atoms with Crippen molar-refractivity contribution in [3.63, 3.8) is 0 Å². The van der Waals surface area contributed by atoms with Gasteiger partial charge in [0.25, 0.3) is 0 Å². The SMILES string of the molecule is CCOc1cc(-c2cccc([C@@H](N)CC(C)(F)F)n2)cc2c1cnn2-c1cccc(CO)n1. The number of rotatable bonds is 8. The highest BCUT2D eigenvalue weighted by Crippen LogP contribution is 2.34. The Morgan fingerprint density at radius 1 is 1.15 bits per heavy atom. The minimum atomic E-state index is -2.89. The van der Waals surface area contributed by atoms with Gasteiger partial charge in [0.15, 0.2) is 5.82 Å². The summed E-state index contributed by atoms with van der Waals surface area (Å²) in [5.74, 6) is -1.72. The number of benzene rings is 1. The predicted molar refractivity (Wildman–Crippen MR) is 121 cm³/mol. The predicted octanol–water partition coefficient (Wildman–Crippen LogP) is 4.42. The molecule has 0 bridgehead atoms. The molecule has 33 heavy (non-hydrogen) atoms. The van der Waals surface area contributed by atoms with Gasteiger partial charge in [0.2, 0.25) is 5.92 Å². The molecule has 0 saturated heterocycles. The first kappa shape index (κ1) is 22.8. The van der Waals surface area contributed by atoms with Crippen LogP contribution >= 0.6 is 0 Å². The summed E-state index contributed by atoms with van der Waals surface area (Å²) in [5.41, 5.74) is 8.94. The number of nitrogens with zero attached hydrogens (tertiary/aromatic N) is 4. The summed E-state index contributed by atoms with van der Waals surface area (Å²) in [7, 11) is 0. The fourth-order valence-electron chi connectivity index (χ4n) is 3.68. The lowest BCUT2D eigenvalue weighted by atomic mass is 10.0. The van der Waals surface area contributed by atoms with Gasteiger partial charge in [-0.05, 0) is 50.2 Å². The van der Waals surface area contributed by atoms with Crippen LogP contribution in [-0.2, 0) is 6.61 Å². The highest BCUT2D eigenvalue weighted by Gasteiger charge is 2.26. The van der Waals surface area contributed by atoms with E-state index in [4.69, 9.17) is 10.5 Å². The number of aliphatic hydroxyl groups excluding tert-OH is 1. The molecule has 4 aromatic rings. The molecule has 0 amide bonds. The van der Waals surface area contributed by atoms with Crippen LogP contribution in [0.25, 0.3) is 28.0 Å². The van der Waals surface area contributed by atoms with Crippen molar-refractivity contribution >= 4 is 10.9 Å². The van der Waals surface area contributed by atoms with Gasteiger partial charge in [-0.2, -0.15) is 5.10 Å². The zero-order valence-corrected chi connectivity index (χ0v) is 18.4. The molecule has 0 fully saturated rings. The van der Waals surface area contributed by atoms with Crippen LogP contribution in [0.5, 0.6) is 5.75 Å². The van der Waals surface area contributed by atoms with Crippen molar-refractivity contribution in [3.05, 3.63) is 66.1 Å². The molecule has 9 heteroatoms. The lowest BCUT2D eigenvalue weighted by Crippen LogP contribution is -2.22. The zero-order valence-electron chi connectivity index (χ0n) is 18.4. The average Bonchev–Trinajstić information content (AvgIpc) is 3.22. The first-order chi connectivity index (χ1) is 15.8. The van der Waals surface area contributed by atoms with Gasteiger partial charge in [0.05, 0.1) is 53.4 Å². The summed E-state index contributed by atoms with van der Waals surface area (Å²) in [6.07, 6.45) is 1.20. The standard InChI is InChI=1S/C24H25F2N5O2/c1-3-33-22-11-15(19-7-5-8-20(30-19)18(27)12-24(2,25)26)10-21-17(22)13-28-31(21)23-9-4-6-16(14-32)29-23/h4-11,13,18,32H,3,12,14,27H2,1-2H3/t18-/m0/s1. The van der Waals surface area contributed by atoms with Crippen LogP contribution in [0.4, 0.5) is 8.78 Å². The Hall–Kier alpha value is -3.43. The van der Waals surface area contributed by atoms with Crippen LogP contribution in [0.1, 0.15) is 37.7 Å². The van der Waals surface area contributed by atoms with Gasteiger partial charge in [-0.25, -0.2) is 18.4 Å². The maximum atomic E-state index is 13.5. The molecule has 4 rings (SSSR count). The third kappa shape index (κ3) is 4.99. The van der Waals surface area contributed by atoms with Gasteiger partial charge in [0.1, 0.15) is 5.75 Å². The minimum absolute atomic E-state index is 0.184. The molecule has 0 aliphatic rings. The Kier molecular flexibility index (Phi) is 6.35. The molecule has 7 nitrogen and oxygen atoms in total. The molecule has 172 valence electrons. The Morgan fingerprint density at radius 2 is 1.94 bits per heavy atom. The van der Waals surface area contributed by atoms with Gasteiger partial charge in [0, 0.05) is 12.0 Å². The summed E-state index contributed by atoms with van der Waals surface area (Å²) in [4.78, 5) is 9.00. The molecule has 3 aromatic heterocycles. The van der Waals surface area contributed by atoms with Crippen LogP contribution in [0.2, 0.25) is 0 Å². The Bertz CT molecular complexity index is 1270. The molecule has 0 saturated carbocycles. The number of halogens is 2. The number of alkyl halides is 2. The highest BCUT2D eigenvalue weighted by molar-refractivity contribution is 5.90. The van der Waals surface area contributed by atoms with Crippen molar-refractivity contribution in [2.45, 2.75) is 38.8 Å². The Balaban J connectivity index is 1.82. The van der Waals surface area contributed by atoms with E-state index in [0.29, 0.717) is 35.3 Å². The summed E-state index contributed by atoms with van der Waals surface area (Å²) < 4.78 is 34.4. The molecule has 3 N–H and O–H groups in total. The quantitative estimate of drug-likeness (QED) is 0.410. The summed E-state index contributed by atoms with van der Waals surface area (Å²) >= 11 is 0. The third-order valence-electron chi connectivity index (χ3n) is 5.15. The monoisotopic (exact) mass is 453 g/mol. The Labute approximate surface area is 189 Å². The summed E-state index contributed by atoms with van der Waals surface area (Å²) in [6.45, 7) is 3.00. The second kappa shape index (κ2) is 9.21. The first-order valence-corrected chi connectivity index (χ1v) is 10.6. The smallest absolute Gasteiger partial charge is 0.247 e. The maximum Gasteiger partial charge on any atom is 0.247 e. The van der Waals surface area contributed by atoms with Crippen LogP contribution in [0.3, 0.4) is 0 Å². The minimum Gasteiger partial charge on any atom is -0.493 e. The van der Waals surface area contributed by atoms with Gasteiger partial charge in [-0.15, -0.1) is 0 Å². The van der Waals surface area contributed by atoms with E-state index in [1.54, 1.807) is 47.3 Å². The maximum absolute atomic E-state index is 13.5.